The molecule has 0 unspecified atom stereocenters. The zero-order valence-electron chi connectivity index (χ0n) is 14.0. The number of carboxylic acid groups (broad SMARTS) is 1. The van der Waals surface area contributed by atoms with Crippen molar-refractivity contribution in [3.63, 3.8) is 0 Å². The maximum absolute atomic E-state index is 11.3. The molecule has 0 spiro atoms. The number of nitrogens with zero attached hydrogens (tertiary/aromatic N) is 4. The number of anilines is 1. The summed E-state index contributed by atoms with van der Waals surface area (Å²) >= 11 is 0. The molecule has 0 aliphatic carbocycles. The molecule has 6 heteroatoms. The molecule has 0 radical (unpaired) electrons. The van der Waals surface area contributed by atoms with E-state index < -0.39 is 5.97 Å². The summed E-state index contributed by atoms with van der Waals surface area (Å²) in [7, 11) is 0. The molecule has 0 bridgehead atoms. The summed E-state index contributed by atoms with van der Waals surface area (Å²) in [6, 6.07) is 7.99. The van der Waals surface area contributed by atoms with Gasteiger partial charge in [0.05, 0.1) is 11.4 Å². The molecule has 124 valence electrons. The molecule has 1 N–H and O–H groups in total. The van der Waals surface area contributed by atoms with E-state index in [0.29, 0.717) is 12.1 Å². The van der Waals surface area contributed by atoms with Crippen LogP contribution >= 0.6 is 0 Å². The highest BCUT2D eigenvalue weighted by Crippen LogP contribution is 2.20. The predicted molar refractivity (Wildman–Crippen MR) is 90.5 cm³/mol. The van der Waals surface area contributed by atoms with Gasteiger partial charge < -0.3 is 10.0 Å². The van der Waals surface area contributed by atoms with Crippen LogP contribution in [-0.4, -0.2) is 39.2 Å². The first-order valence-corrected chi connectivity index (χ1v) is 8.15. The van der Waals surface area contributed by atoms with Gasteiger partial charge in [0.25, 0.3) is 0 Å². The van der Waals surface area contributed by atoms with Gasteiger partial charge in [-0.15, -0.1) is 5.10 Å². The van der Waals surface area contributed by atoms with E-state index in [1.54, 1.807) is 4.68 Å². The molecule has 1 heterocycles. The minimum atomic E-state index is -1.03. The standard InChI is InChI=1S/C17H24N4O2/c1-4-7-8-15-16(17(22)23)18-19-21(15)14-11-9-13(10-12-14)20(5-2)6-3/h9-12H,4-8H2,1-3H3,(H,22,23). The lowest BCUT2D eigenvalue weighted by Gasteiger charge is -2.21. The molecular formula is C17H24N4O2. The molecule has 0 saturated carbocycles. The van der Waals surface area contributed by atoms with Crippen molar-refractivity contribution in [3.05, 3.63) is 35.7 Å². The zero-order chi connectivity index (χ0) is 16.8. The molecule has 0 atom stereocenters. The van der Waals surface area contributed by atoms with Crippen molar-refractivity contribution in [1.82, 2.24) is 15.0 Å². The molecule has 0 aliphatic heterocycles. The minimum Gasteiger partial charge on any atom is -0.476 e. The summed E-state index contributed by atoms with van der Waals surface area (Å²) in [5.41, 5.74) is 2.70. The van der Waals surface area contributed by atoms with Gasteiger partial charge in [0, 0.05) is 18.8 Å². The first kappa shape index (κ1) is 17.0. The van der Waals surface area contributed by atoms with E-state index in [-0.39, 0.29) is 5.69 Å². The van der Waals surface area contributed by atoms with Gasteiger partial charge in [-0.25, -0.2) is 9.48 Å². The van der Waals surface area contributed by atoms with Crippen molar-refractivity contribution in [2.75, 3.05) is 18.0 Å². The molecule has 23 heavy (non-hydrogen) atoms. The molecule has 1 aromatic heterocycles. The highest BCUT2D eigenvalue weighted by molar-refractivity contribution is 5.86. The lowest BCUT2D eigenvalue weighted by molar-refractivity contribution is 0.0689. The number of unbranched alkanes of at least 4 members (excludes halogenated alkanes) is 1. The molecule has 0 fully saturated rings. The topological polar surface area (TPSA) is 71.2 Å². The van der Waals surface area contributed by atoms with E-state index in [0.717, 1.165) is 37.3 Å². The highest BCUT2D eigenvalue weighted by Gasteiger charge is 2.19. The SMILES string of the molecule is CCCCc1c(C(=O)O)nnn1-c1ccc(N(CC)CC)cc1. The Balaban J connectivity index is 2.36. The second-order valence-electron chi connectivity index (χ2n) is 5.39. The van der Waals surface area contributed by atoms with Gasteiger partial charge in [-0.3, -0.25) is 0 Å². The molecule has 6 nitrogen and oxygen atoms in total. The Morgan fingerprint density at radius 3 is 2.35 bits per heavy atom. The van der Waals surface area contributed by atoms with Crippen molar-refractivity contribution in [3.8, 4) is 5.69 Å². The van der Waals surface area contributed by atoms with E-state index in [2.05, 4.69) is 36.0 Å². The summed E-state index contributed by atoms with van der Waals surface area (Å²) in [6.07, 6.45) is 2.55. The predicted octanol–water partition coefficient (Wildman–Crippen LogP) is 3.15. The van der Waals surface area contributed by atoms with Crippen LogP contribution < -0.4 is 4.90 Å². The van der Waals surface area contributed by atoms with Gasteiger partial charge in [0.2, 0.25) is 0 Å². The third-order valence-electron chi connectivity index (χ3n) is 3.96. The average Bonchev–Trinajstić information content (AvgIpc) is 2.98. The quantitative estimate of drug-likeness (QED) is 0.810. The van der Waals surface area contributed by atoms with E-state index in [4.69, 9.17) is 0 Å². The maximum atomic E-state index is 11.3. The van der Waals surface area contributed by atoms with Crippen LogP contribution in [0.1, 0.15) is 49.8 Å². The second kappa shape index (κ2) is 7.76. The Morgan fingerprint density at radius 2 is 1.83 bits per heavy atom. The van der Waals surface area contributed by atoms with Crippen molar-refractivity contribution in [1.29, 1.82) is 0 Å². The normalized spacial score (nSPS) is 10.7. The molecule has 2 rings (SSSR count). The number of carbonyl (C=O) groups is 1. The Hall–Kier alpha value is -2.37. The van der Waals surface area contributed by atoms with Crippen molar-refractivity contribution >= 4 is 11.7 Å². The van der Waals surface area contributed by atoms with Crippen LogP contribution in [0.25, 0.3) is 5.69 Å². The molecule has 0 aliphatic rings. The first-order chi connectivity index (χ1) is 11.1. The van der Waals surface area contributed by atoms with Crippen LogP contribution in [0, 0.1) is 0 Å². The van der Waals surface area contributed by atoms with E-state index in [1.807, 2.05) is 24.3 Å². The van der Waals surface area contributed by atoms with Gasteiger partial charge >= 0.3 is 5.97 Å². The van der Waals surface area contributed by atoms with Crippen LogP contribution in [0.15, 0.2) is 24.3 Å². The molecule has 0 saturated heterocycles. The second-order valence-corrected chi connectivity index (χ2v) is 5.39. The van der Waals surface area contributed by atoms with Gasteiger partial charge in [-0.2, -0.15) is 0 Å². The smallest absolute Gasteiger partial charge is 0.358 e. The summed E-state index contributed by atoms with van der Waals surface area (Å²) in [5.74, 6) is -1.03. The zero-order valence-corrected chi connectivity index (χ0v) is 14.0. The third kappa shape index (κ3) is 3.70. The fourth-order valence-electron chi connectivity index (χ4n) is 2.64. The fraction of sp³-hybridized carbons (Fsp3) is 0.471. The molecule has 2 aromatic rings. The number of benzene rings is 1. The fourth-order valence-corrected chi connectivity index (χ4v) is 2.64. The highest BCUT2D eigenvalue weighted by atomic mass is 16.4. The largest absolute Gasteiger partial charge is 0.476 e. The number of hydrogen-bond donors (Lipinski definition) is 1. The van der Waals surface area contributed by atoms with Gasteiger partial charge in [0.15, 0.2) is 5.69 Å². The van der Waals surface area contributed by atoms with Gasteiger partial charge in [-0.05, 0) is 51.0 Å². The third-order valence-corrected chi connectivity index (χ3v) is 3.96. The van der Waals surface area contributed by atoms with E-state index in [1.165, 1.54) is 0 Å². The van der Waals surface area contributed by atoms with Crippen molar-refractivity contribution in [2.24, 2.45) is 0 Å². The van der Waals surface area contributed by atoms with Crippen LogP contribution in [0.4, 0.5) is 5.69 Å². The van der Waals surface area contributed by atoms with Crippen LogP contribution in [0.3, 0.4) is 0 Å². The Morgan fingerprint density at radius 1 is 1.17 bits per heavy atom. The Labute approximate surface area is 136 Å². The lowest BCUT2D eigenvalue weighted by atomic mass is 10.1. The Kier molecular flexibility index (Phi) is 5.73. The number of carboxylic acids is 1. The van der Waals surface area contributed by atoms with E-state index >= 15 is 0 Å². The monoisotopic (exact) mass is 316 g/mol. The van der Waals surface area contributed by atoms with Gasteiger partial charge in [-0.1, -0.05) is 18.6 Å². The minimum absolute atomic E-state index is 0.0475. The number of aromatic nitrogens is 3. The molecule has 0 amide bonds. The number of hydrogen-bond acceptors (Lipinski definition) is 4. The summed E-state index contributed by atoms with van der Waals surface area (Å²) in [6.45, 7) is 8.22. The summed E-state index contributed by atoms with van der Waals surface area (Å²) in [4.78, 5) is 13.6. The maximum Gasteiger partial charge on any atom is 0.358 e. The van der Waals surface area contributed by atoms with Crippen LogP contribution in [-0.2, 0) is 6.42 Å². The Bertz CT molecular complexity index is 645. The summed E-state index contributed by atoms with van der Waals surface area (Å²) in [5, 5.41) is 17.2. The number of rotatable bonds is 8. The van der Waals surface area contributed by atoms with E-state index in [9.17, 15) is 9.90 Å². The lowest BCUT2D eigenvalue weighted by Crippen LogP contribution is -2.21. The van der Waals surface area contributed by atoms with Crippen molar-refractivity contribution < 1.29 is 9.90 Å². The van der Waals surface area contributed by atoms with Crippen LogP contribution in [0.2, 0.25) is 0 Å². The van der Waals surface area contributed by atoms with Crippen LogP contribution in [0.5, 0.6) is 0 Å². The first-order valence-electron chi connectivity index (χ1n) is 8.15. The van der Waals surface area contributed by atoms with Crippen molar-refractivity contribution in [2.45, 2.75) is 40.0 Å². The summed E-state index contributed by atoms with van der Waals surface area (Å²) < 4.78 is 1.64. The average molecular weight is 316 g/mol. The molecule has 1 aromatic carbocycles. The van der Waals surface area contributed by atoms with Gasteiger partial charge in [0.1, 0.15) is 0 Å². The number of aromatic carboxylic acids is 1. The molecular weight excluding hydrogens is 292 g/mol.